The molecule has 2 N–H and O–H groups in total. The maximum absolute atomic E-state index is 12.0. The number of rotatable bonds is 6. The first-order valence-electron chi connectivity index (χ1n) is 9.70. The summed E-state index contributed by atoms with van der Waals surface area (Å²) in [4.78, 5) is 0. The van der Waals surface area contributed by atoms with Gasteiger partial charge in [-0.1, -0.05) is 78.0 Å². The van der Waals surface area contributed by atoms with Crippen LogP contribution in [0.3, 0.4) is 0 Å². The van der Waals surface area contributed by atoms with Crippen LogP contribution in [0.1, 0.15) is 54.4 Å². The summed E-state index contributed by atoms with van der Waals surface area (Å²) in [5.41, 5.74) is -0.559. The Labute approximate surface area is 169 Å². The van der Waals surface area contributed by atoms with E-state index in [9.17, 15) is 14.8 Å². The van der Waals surface area contributed by atoms with Gasteiger partial charge in [-0.3, -0.25) is 0 Å². The van der Waals surface area contributed by atoms with Crippen LogP contribution < -0.4 is 0 Å². The topological polar surface area (TPSA) is 76.0 Å². The summed E-state index contributed by atoms with van der Waals surface area (Å²) in [5.74, 6) is 0. The van der Waals surface area contributed by atoms with E-state index in [2.05, 4.69) is 0 Å². The third-order valence-electron chi connectivity index (χ3n) is 5.77. The monoisotopic (exact) mass is 409 g/mol. The molecule has 0 amide bonds. The average molecular weight is 409 g/mol. The third-order valence-corrected chi connectivity index (χ3v) is 6.45. The molecule has 2 atom stereocenters. The first kappa shape index (κ1) is 23.2. The normalized spacial score (nSPS) is 28.8. The van der Waals surface area contributed by atoms with Crippen molar-refractivity contribution in [3.05, 3.63) is 47.6 Å². The van der Waals surface area contributed by atoms with E-state index in [1.807, 2.05) is 65.8 Å². The fourth-order valence-electron chi connectivity index (χ4n) is 2.95. The van der Waals surface area contributed by atoms with Gasteiger partial charge in [-0.25, -0.2) is 0 Å². The molecule has 0 fully saturated rings. The first-order valence-corrected chi connectivity index (χ1v) is 10.8. The van der Waals surface area contributed by atoms with Crippen LogP contribution in [0.5, 0.6) is 0 Å². The van der Waals surface area contributed by atoms with Crippen LogP contribution in [0.15, 0.2) is 47.6 Å². The van der Waals surface area contributed by atoms with Crippen molar-refractivity contribution in [2.24, 2.45) is 10.8 Å². The minimum Gasteiger partial charge on any atom is -0.385 e. The molecule has 156 valence electrons. The Hall–Kier alpha value is -1.10. The minimum absolute atomic E-state index is 0.171. The molecule has 6 heteroatoms. The van der Waals surface area contributed by atoms with E-state index in [0.29, 0.717) is 12.8 Å². The zero-order chi connectivity index (χ0) is 21.2. The first-order chi connectivity index (χ1) is 12.8. The van der Waals surface area contributed by atoms with Crippen LogP contribution in [0.2, 0.25) is 0 Å². The summed E-state index contributed by atoms with van der Waals surface area (Å²) >= 11 is 0. The van der Waals surface area contributed by atoms with Crippen LogP contribution in [0.25, 0.3) is 0 Å². The van der Waals surface area contributed by atoms with Gasteiger partial charge >= 0.3 is 8.25 Å². The molecule has 0 aromatic heterocycles. The minimum atomic E-state index is -2.25. The van der Waals surface area contributed by atoms with Gasteiger partial charge in [0.05, 0.1) is 11.2 Å². The van der Waals surface area contributed by atoms with E-state index in [4.69, 9.17) is 9.05 Å². The van der Waals surface area contributed by atoms with Crippen molar-refractivity contribution in [3.8, 4) is 0 Å². The maximum atomic E-state index is 12.0. The Bertz CT molecular complexity index is 660. The Morgan fingerprint density at radius 3 is 1.46 bits per heavy atom. The lowest BCUT2D eigenvalue weighted by molar-refractivity contribution is -0.0123. The fourth-order valence-corrected chi connectivity index (χ4v) is 3.54. The predicted octanol–water partition coefficient (Wildman–Crippen LogP) is 5.00. The summed E-state index contributed by atoms with van der Waals surface area (Å²) in [6.45, 7) is 12.3. The van der Waals surface area contributed by atoms with E-state index in [0.717, 1.165) is 11.1 Å². The lowest BCUT2D eigenvalue weighted by atomic mass is 9.72. The second-order valence-corrected chi connectivity index (χ2v) is 10.7. The van der Waals surface area contributed by atoms with E-state index in [1.165, 1.54) is 0 Å². The molecular formula is C22H34O5P+. The van der Waals surface area contributed by atoms with Crippen molar-refractivity contribution in [2.45, 2.75) is 65.6 Å². The van der Waals surface area contributed by atoms with Gasteiger partial charge in [-0.15, -0.1) is 9.05 Å². The van der Waals surface area contributed by atoms with Crippen molar-refractivity contribution in [3.63, 3.8) is 0 Å². The fraction of sp³-hybridized carbons (Fsp3) is 0.636. The summed E-state index contributed by atoms with van der Waals surface area (Å²) in [6.07, 6.45) is 12.0. The average Bonchev–Trinajstić information content (AvgIpc) is 2.59. The standard InChI is InChI=1S/C22H34O5P/c1-19(2,3)21(23)11-7-17(8-12-21)15-26-28(25)27-16-18-9-13-22(24,14-10-18)20(4,5)6/h7-11,13,23-24H,12,14-16H2,1-6H3/q+1. The molecule has 0 aliphatic heterocycles. The van der Waals surface area contributed by atoms with Crippen LogP contribution >= 0.6 is 8.25 Å². The second-order valence-electron chi connectivity index (χ2n) is 9.75. The Morgan fingerprint density at radius 2 is 1.21 bits per heavy atom. The van der Waals surface area contributed by atoms with E-state index >= 15 is 0 Å². The van der Waals surface area contributed by atoms with Gasteiger partial charge in [0.1, 0.15) is 13.2 Å². The number of hydrogen-bond acceptors (Lipinski definition) is 5. The van der Waals surface area contributed by atoms with Crippen molar-refractivity contribution in [1.82, 2.24) is 0 Å². The smallest absolute Gasteiger partial charge is 0.385 e. The second kappa shape index (κ2) is 8.33. The van der Waals surface area contributed by atoms with Gasteiger partial charge < -0.3 is 10.2 Å². The molecule has 0 bridgehead atoms. The van der Waals surface area contributed by atoms with E-state index < -0.39 is 19.5 Å². The zero-order valence-corrected chi connectivity index (χ0v) is 18.8. The summed E-state index contributed by atoms with van der Waals surface area (Å²) in [5, 5.41) is 21.3. The van der Waals surface area contributed by atoms with Gasteiger partial charge in [-0.2, -0.15) is 0 Å². The summed E-state index contributed by atoms with van der Waals surface area (Å²) < 4.78 is 22.6. The van der Waals surface area contributed by atoms with Crippen LogP contribution in [-0.2, 0) is 13.6 Å². The largest absolute Gasteiger partial charge is 0.698 e. The quantitative estimate of drug-likeness (QED) is 0.604. The van der Waals surface area contributed by atoms with E-state index in [1.54, 1.807) is 12.2 Å². The lowest BCUT2D eigenvalue weighted by Crippen LogP contribution is -2.41. The lowest BCUT2D eigenvalue weighted by Gasteiger charge is -2.39. The van der Waals surface area contributed by atoms with Crippen molar-refractivity contribution >= 4 is 8.25 Å². The number of aliphatic hydroxyl groups is 2. The molecule has 0 aromatic rings. The maximum Gasteiger partial charge on any atom is 0.698 e. The van der Waals surface area contributed by atoms with Gasteiger partial charge in [0.2, 0.25) is 0 Å². The van der Waals surface area contributed by atoms with Crippen molar-refractivity contribution in [2.75, 3.05) is 13.2 Å². The number of hydrogen-bond donors (Lipinski definition) is 2. The molecule has 2 aliphatic rings. The highest BCUT2D eigenvalue weighted by molar-refractivity contribution is 7.33. The molecule has 0 spiro atoms. The predicted molar refractivity (Wildman–Crippen MR) is 112 cm³/mol. The van der Waals surface area contributed by atoms with Crippen molar-refractivity contribution in [1.29, 1.82) is 0 Å². The van der Waals surface area contributed by atoms with E-state index in [-0.39, 0.29) is 24.0 Å². The highest BCUT2D eigenvalue weighted by Gasteiger charge is 2.39. The molecule has 0 saturated carbocycles. The molecular weight excluding hydrogens is 375 g/mol. The summed E-state index contributed by atoms with van der Waals surface area (Å²) in [6, 6.07) is 0. The summed E-state index contributed by atoms with van der Waals surface area (Å²) in [7, 11) is -2.25. The third kappa shape index (κ3) is 5.49. The molecule has 0 heterocycles. The molecule has 2 rings (SSSR count). The molecule has 0 radical (unpaired) electrons. The molecule has 0 saturated heterocycles. The van der Waals surface area contributed by atoms with Crippen LogP contribution in [0.4, 0.5) is 0 Å². The molecule has 28 heavy (non-hydrogen) atoms. The van der Waals surface area contributed by atoms with Gasteiger partial charge in [0.25, 0.3) is 0 Å². The Kier molecular flexibility index (Phi) is 6.90. The molecule has 5 nitrogen and oxygen atoms in total. The molecule has 2 aliphatic carbocycles. The highest BCUT2D eigenvalue weighted by atomic mass is 31.1. The molecule has 0 aromatic carbocycles. The van der Waals surface area contributed by atoms with Crippen LogP contribution in [0, 0.1) is 10.8 Å². The SMILES string of the molecule is CC(C)(C)C1(O)C=CC(CO[P+](=O)OCC2=CCC(O)(C(C)(C)C)C=C2)=CC1. The zero-order valence-electron chi connectivity index (χ0n) is 17.9. The van der Waals surface area contributed by atoms with Gasteiger partial charge in [0, 0.05) is 4.57 Å². The van der Waals surface area contributed by atoms with Gasteiger partial charge in [0.15, 0.2) is 0 Å². The molecule has 2 unspecified atom stereocenters. The Balaban J connectivity index is 1.77. The van der Waals surface area contributed by atoms with Crippen molar-refractivity contribution < 1.29 is 23.8 Å². The highest BCUT2D eigenvalue weighted by Crippen LogP contribution is 2.39. The van der Waals surface area contributed by atoms with Gasteiger partial charge in [-0.05, 0) is 34.8 Å². The van der Waals surface area contributed by atoms with Crippen LogP contribution in [-0.4, -0.2) is 34.6 Å². The Morgan fingerprint density at radius 1 is 0.857 bits per heavy atom.